The number of hydrogen-bond donors (Lipinski definition) is 6. The van der Waals surface area contributed by atoms with Gasteiger partial charge in [0.25, 0.3) is 5.91 Å². The van der Waals surface area contributed by atoms with E-state index in [1.165, 1.54) is 38.5 Å². The van der Waals surface area contributed by atoms with Crippen molar-refractivity contribution in [1.82, 2.24) is 16.1 Å². The van der Waals surface area contributed by atoms with Crippen LogP contribution in [0.3, 0.4) is 0 Å². The summed E-state index contributed by atoms with van der Waals surface area (Å²) in [6.45, 7) is 0.956. The van der Waals surface area contributed by atoms with Crippen molar-refractivity contribution in [2.45, 2.75) is 115 Å². The Kier molecular flexibility index (Phi) is 19.3. The van der Waals surface area contributed by atoms with Crippen molar-refractivity contribution in [3.05, 3.63) is 29.3 Å². The molecule has 228 valence electrons. The van der Waals surface area contributed by atoms with Gasteiger partial charge in [0.1, 0.15) is 6.04 Å². The van der Waals surface area contributed by atoms with Crippen LogP contribution in [0.1, 0.15) is 120 Å². The van der Waals surface area contributed by atoms with Gasteiger partial charge >= 0.3 is 5.97 Å². The van der Waals surface area contributed by atoms with Crippen LogP contribution in [0, 0.1) is 11.6 Å². The van der Waals surface area contributed by atoms with Gasteiger partial charge in [0.2, 0.25) is 11.7 Å². The third-order valence-corrected chi connectivity index (χ3v) is 6.91. The highest BCUT2D eigenvalue weighted by Crippen LogP contribution is 2.21. The summed E-state index contributed by atoms with van der Waals surface area (Å²) >= 11 is 0. The molecule has 7 N–H and O–H groups in total. The minimum Gasteiger partial charge on any atom is -0.505 e. The summed E-state index contributed by atoms with van der Waals surface area (Å²) < 4.78 is 27.1. The predicted octanol–water partition coefficient (Wildman–Crippen LogP) is 5.06. The van der Waals surface area contributed by atoms with Crippen molar-refractivity contribution in [2.75, 3.05) is 13.1 Å². The number of nitrogens with one attached hydrogen (secondary N) is 3. The molecule has 0 bridgehead atoms. The van der Waals surface area contributed by atoms with Gasteiger partial charge in [-0.25, -0.2) is 9.82 Å². The Morgan fingerprint density at radius 1 is 0.725 bits per heavy atom. The first kappa shape index (κ1) is 35.2. The fourth-order valence-electron chi connectivity index (χ4n) is 4.43. The Labute approximate surface area is 236 Å². The molecule has 1 aromatic carbocycles. The standard InChI is InChI=1S/C29H48F2N4O5/c30-26-22(18-19-24(36)27(26)31)28(38)34-21-14-11-9-7-5-3-1-2-4-6-8-10-12-17-25(37)33-20-15-13-16-23(35-32)29(39)40/h18-19,23,35-36H,1-17,20-21,32H2,(H,33,37)(H,34,38)(H,39,40)/t23-/m0/s1. The normalized spacial score (nSPS) is 11.8. The van der Waals surface area contributed by atoms with E-state index in [0.29, 0.717) is 32.4 Å². The minimum atomic E-state index is -1.41. The number of nitrogens with two attached hydrogens (primary N) is 1. The van der Waals surface area contributed by atoms with Gasteiger partial charge < -0.3 is 20.8 Å². The number of unbranched alkanes of at least 4 members (excludes halogenated alkanes) is 13. The maximum Gasteiger partial charge on any atom is 0.322 e. The van der Waals surface area contributed by atoms with E-state index in [1.54, 1.807) is 0 Å². The first-order valence-corrected chi connectivity index (χ1v) is 14.7. The van der Waals surface area contributed by atoms with Crippen molar-refractivity contribution in [1.29, 1.82) is 0 Å². The summed E-state index contributed by atoms with van der Waals surface area (Å²) in [5.41, 5.74) is 1.86. The quantitative estimate of drug-likeness (QED) is 0.0576. The number of rotatable bonds is 24. The molecule has 0 saturated carbocycles. The average molecular weight is 571 g/mol. The lowest BCUT2D eigenvalue weighted by molar-refractivity contribution is -0.139. The van der Waals surface area contributed by atoms with E-state index in [0.717, 1.165) is 63.5 Å². The molecule has 0 spiro atoms. The molecule has 0 aliphatic heterocycles. The Bertz CT molecular complexity index is 888. The van der Waals surface area contributed by atoms with Crippen molar-refractivity contribution in [3.8, 4) is 5.75 Å². The molecule has 1 atom stereocenters. The number of benzene rings is 1. The average Bonchev–Trinajstić information content (AvgIpc) is 2.93. The fourth-order valence-corrected chi connectivity index (χ4v) is 4.43. The van der Waals surface area contributed by atoms with E-state index in [4.69, 9.17) is 16.1 Å². The Morgan fingerprint density at radius 3 is 1.77 bits per heavy atom. The second-order valence-corrected chi connectivity index (χ2v) is 10.3. The number of carboxylic acids is 1. The van der Waals surface area contributed by atoms with Crippen LogP contribution in [-0.2, 0) is 9.59 Å². The van der Waals surface area contributed by atoms with Crippen LogP contribution in [0.4, 0.5) is 8.78 Å². The Balaban J connectivity index is 1.84. The molecule has 2 amide bonds. The molecule has 0 aliphatic carbocycles. The molecule has 1 rings (SSSR count). The monoisotopic (exact) mass is 570 g/mol. The van der Waals surface area contributed by atoms with Crippen LogP contribution in [0.25, 0.3) is 0 Å². The molecule has 0 heterocycles. The molecular weight excluding hydrogens is 522 g/mol. The molecule has 0 aromatic heterocycles. The smallest absolute Gasteiger partial charge is 0.322 e. The predicted molar refractivity (Wildman–Crippen MR) is 151 cm³/mol. The SMILES string of the molecule is NN[C@@H](CCCCNC(=O)CCCCCCCCCCCCCCCNC(=O)c1ccc(O)c(F)c1F)C(=O)O. The summed E-state index contributed by atoms with van der Waals surface area (Å²) in [6.07, 6.45) is 16.7. The number of phenols is 1. The number of aromatic hydroxyl groups is 1. The summed E-state index contributed by atoms with van der Waals surface area (Å²) in [5, 5.41) is 23.5. The van der Waals surface area contributed by atoms with Crippen LogP contribution < -0.4 is 21.9 Å². The van der Waals surface area contributed by atoms with Gasteiger partial charge in [-0.1, -0.05) is 70.6 Å². The third kappa shape index (κ3) is 15.7. The van der Waals surface area contributed by atoms with Gasteiger partial charge in [-0.05, 0) is 44.2 Å². The van der Waals surface area contributed by atoms with Gasteiger partial charge in [0.15, 0.2) is 11.6 Å². The van der Waals surface area contributed by atoms with Crippen molar-refractivity contribution in [3.63, 3.8) is 0 Å². The molecule has 0 unspecified atom stereocenters. The lowest BCUT2D eigenvalue weighted by Crippen LogP contribution is -2.41. The van der Waals surface area contributed by atoms with Crippen molar-refractivity contribution in [2.24, 2.45) is 5.84 Å². The number of amides is 2. The summed E-state index contributed by atoms with van der Waals surface area (Å²) in [7, 11) is 0. The number of phenolic OH excluding ortho intramolecular Hbond substituents is 1. The first-order chi connectivity index (χ1) is 19.3. The Hall–Kier alpha value is -2.79. The van der Waals surface area contributed by atoms with Crippen molar-refractivity contribution >= 4 is 17.8 Å². The third-order valence-electron chi connectivity index (χ3n) is 6.91. The van der Waals surface area contributed by atoms with Gasteiger partial charge in [0, 0.05) is 19.5 Å². The highest BCUT2D eigenvalue weighted by atomic mass is 19.2. The second kappa shape index (κ2) is 22.0. The van der Waals surface area contributed by atoms with Crippen LogP contribution in [0.15, 0.2) is 12.1 Å². The maximum absolute atomic E-state index is 13.7. The molecule has 9 nitrogen and oxygen atoms in total. The van der Waals surface area contributed by atoms with E-state index < -0.39 is 40.9 Å². The molecular formula is C29H48F2N4O5. The van der Waals surface area contributed by atoms with Crippen LogP contribution >= 0.6 is 0 Å². The molecule has 1 aromatic rings. The largest absolute Gasteiger partial charge is 0.505 e. The van der Waals surface area contributed by atoms with E-state index in [-0.39, 0.29) is 5.91 Å². The van der Waals surface area contributed by atoms with E-state index in [1.807, 2.05) is 0 Å². The Morgan fingerprint density at radius 2 is 1.23 bits per heavy atom. The lowest BCUT2D eigenvalue weighted by Gasteiger charge is -2.10. The van der Waals surface area contributed by atoms with E-state index in [2.05, 4.69) is 16.1 Å². The number of carbonyl (C=O) groups is 3. The van der Waals surface area contributed by atoms with Gasteiger partial charge in [0.05, 0.1) is 5.56 Å². The molecule has 0 saturated heterocycles. The van der Waals surface area contributed by atoms with E-state index in [9.17, 15) is 23.2 Å². The summed E-state index contributed by atoms with van der Waals surface area (Å²) in [5.74, 6) is 0.0310. The number of hydrogen-bond acceptors (Lipinski definition) is 6. The summed E-state index contributed by atoms with van der Waals surface area (Å²) in [6, 6.07) is 1.29. The number of halogens is 2. The lowest BCUT2D eigenvalue weighted by atomic mass is 10.0. The number of hydrazine groups is 1. The maximum atomic E-state index is 13.7. The topological polar surface area (TPSA) is 154 Å². The van der Waals surface area contributed by atoms with Crippen LogP contribution in [-0.4, -0.2) is 47.1 Å². The molecule has 11 heteroatoms. The summed E-state index contributed by atoms with van der Waals surface area (Å²) in [4.78, 5) is 34.7. The highest BCUT2D eigenvalue weighted by Gasteiger charge is 2.18. The number of carbonyl (C=O) groups excluding carboxylic acids is 2. The van der Waals surface area contributed by atoms with Crippen LogP contribution in [0.5, 0.6) is 5.75 Å². The molecule has 40 heavy (non-hydrogen) atoms. The zero-order chi connectivity index (χ0) is 29.6. The zero-order valence-electron chi connectivity index (χ0n) is 23.6. The van der Waals surface area contributed by atoms with Crippen LogP contribution in [0.2, 0.25) is 0 Å². The molecule has 0 fully saturated rings. The zero-order valence-corrected chi connectivity index (χ0v) is 23.6. The van der Waals surface area contributed by atoms with E-state index >= 15 is 0 Å². The number of carboxylic acid groups (broad SMARTS) is 1. The number of aliphatic carboxylic acids is 1. The van der Waals surface area contributed by atoms with Gasteiger partial charge in [-0.15, -0.1) is 0 Å². The fraction of sp³-hybridized carbons (Fsp3) is 0.690. The second-order valence-electron chi connectivity index (χ2n) is 10.3. The van der Waals surface area contributed by atoms with Gasteiger partial charge in [-0.2, -0.15) is 4.39 Å². The van der Waals surface area contributed by atoms with Crippen molar-refractivity contribution < 1.29 is 33.4 Å². The minimum absolute atomic E-state index is 0.0534. The first-order valence-electron chi connectivity index (χ1n) is 14.7. The highest BCUT2D eigenvalue weighted by molar-refractivity contribution is 5.94. The molecule has 0 aliphatic rings. The van der Waals surface area contributed by atoms with Gasteiger partial charge in [-0.3, -0.25) is 20.2 Å². The molecule has 0 radical (unpaired) electrons.